The minimum atomic E-state index is 0.516. The van der Waals surface area contributed by atoms with Crippen molar-refractivity contribution in [3.05, 3.63) is 59.2 Å². The lowest BCUT2D eigenvalue weighted by molar-refractivity contribution is 0.122. The summed E-state index contributed by atoms with van der Waals surface area (Å²) < 4.78 is 5.48. The van der Waals surface area contributed by atoms with Crippen molar-refractivity contribution in [2.75, 3.05) is 41.8 Å². The molecule has 0 atom stereocenters. The van der Waals surface area contributed by atoms with Crippen molar-refractivity contribution in [1.82, 2.24) is 15.0 Å². The second kappa shape index (κ2) is 9.09. The molecule has 2 N–H and O–H groups in total. The second-order valence-electron chi connectivity index (χ2n) is 7.56. The average Bonchev–Trinajstić information content (AvgIpc) is 2.74. The van der Waals surface area contributed by atoms with Gasteiger partial charge < -0.3 is 20.3 Å². The van der Waals surface area contributed by atoms with Crippen LogP contribution in [0.4, 0.5) is 29.2 Å². The average molecular weight is 405 g/mol. The van der Waals surface area contributed by atoms with Crippen LogP contribution < -0.4 is 15.5 Å². The number of morpholine rings is 1. The molecule has 0 aliphatic carbocycles. The van der Waals surface area contributed by atoms with E-state index >= 15 is 0 Å². The topological polar surface area (TPSA) is 75.2 Å². The van der Waals surface area contributed by atoms with Gasteiger partial charge in [0, 0.05) is 24.5 Å². The van der Waals surface area contributed by atoms with Crippen LogP contribution >= 0.6 is 0 Å². The second-order valence-corrected chi connectivity index (χ2v) is 7.56. The summed E-state index contributed by atoms with van der Waals surface area (Å²) in [6.45, 7) is 9.18. The molecule has 1 aliphatic heterocycles. The molecule has 30 heavy (non-hydrogen) atoms. The summed E-state index contributed by atoms with van der Waals surface area (Å²) in [6, 6.07) is 14.6. The van der Waals surface area contributed by atoms with Crippen molar-refractivity contribution < 1.29 is 4.74 Å². The third-order valence-corrected chi connectivity index (χ3v) is 5.01. The number of aromatic nitrogens is 3. The molecule has 156 valence electrons. The summed E-state index contributed by atoms with van der Waals surface area (Å²) in [6.07, 6.45) is 1.01. The zero-order valence-electron chi connectivity index (χ0n) is 17.8. The monoisotopic (exact) mass is 404 g/mol. The highest BCUT2D eigenvalue weighted by atomic mass is 16.5. The highest BCUT2D eigenvalue weighted by Gasteiger charge is 2.17. The number of nitrogens with one attached hydrogen (secondary N) is 2. The molecule has 7 nitrogen and oxygen atoms in total. The Morgan fingerprint density at radius 2 is 1.43 bits per heavy atom. The number of nitrogens with zero attached hydrogens (tertiary/aromatic N) is 4. The first-order valence-electron chi connectivity index (χ1n) is 10.4. The lowest BCUT2D eigenvalue weighted by Gasteiger charge is -2.27. The van der Waals surface area contributed by atoms with Gasteiger partial charge in [0.25, 0.3) is 0 Å². The Labute approximate surface area is 177 Å². The van der Waals surface area contributed by atoms with Gasteiger partial charge in [0.1, 0.15) is 0 Å². The van der Waals surface area contributed by atoms with Gasteiger partial charge in [0.05, 0.1) is 13.2 Å². The smallest absolute Gasteiger partial charge is 0.233 e. The van der Waals surface area contributed by atoms with Crippen molar-refractivity contribution in [1.29, 1.82) is 0 Å². The number of rotatable bonds is 6. The van der Waals surface area contributed by atoms with E-state index in [0.717, 1.165) is 30.9 Å². The number of aryl methyl sites for hydroxylation is 3. The first-order valence-corrected chi connectivity index (χ1v) is 10.4. The van der Waals surface area contributed by atoms with Crippen molar-refractivity contribution >= 4 is 29.2 Å². The maximum atomic E-state index is 5.48. The molecule has 2 heterocycles. The van der Waals surface area contributed by atoms with E-state index in [1.807, 2.05) is 12.1 Å². The van der Waals surface area contributed by atoms with Crippen molar-refractivity contribution in [2.24, 2.45) is 0 Å². The van der Waals surface area contributed by atoms with Gasteiger partial charge in [-0.25, -0.2) is 0 Å². The normalized spacial score (nSPS) is 13.9. The van der Waals surface area contributed by atoms with Crippen LogP contribution in [0.1, 0.15) is 23.6 Å². The highest BCUT2D eigenvalue weighted by molar-refractivity contribution is 5.60. The Hall–Kier alpha value is -3.19. The molecule has 0 radical (unpaired) electrons. The van der Waals surface area contributed by atoms with Gasteiger partial charge in [-0.2, -0.15) is 15.0 Å². The summed E-state index contributed by atoms with van der Waals surface area (Å²) in [7, 11) is 0. The van der Waals surface area contributed by atoms with Gasteiger partial charge in [0.2, 0.25) is 17.8 Å². The van der Waals surface area contributed by atoms with Gasteiger partial charge in [-0.05, 0) is 61.2 Å². The molecular weight excluding hydrogens is 376 g/mol. The molecule has 2 aromatic carbocycles. The third kappa shape index (κ3) is 5.04. The molecular formula is C23H28N6O. The zero-order valence-corrected chi connectivity index (χ0v) is 17.8. The van der Waals surface area contributed by atoms with E-state index in [2.05, 4.69) is 81.6 Å². The molecule has 3 aromatic rings. The minimum Gasteiger partial charge on any atom is -0.378 e. The lowest BCUT2D eigenvalue weighted by atomic mass is 10.1. The molecule has 1 fully saturated rings. The molecule has 0 saturated carbocycles. The van der Waals surface area contributed by atoms with E-state index in [4.69, 9.17) is 4.74 Å². The lowest BCUT2D eigenvalue weighted by Crippen LogP contribution is -2.37. The van der Waals surface area contributed by atoms with Crippen LogP contribution in [0.3, 0.4) is 0 Å². The number of anilines is 5. The molecule has 0 spiro atoms. The van der Waals surface area contributed by atoms with Crippen molar-refractivity contribution in [2.45, 2.75) is 27.2 Å². The van der Waals surface area contributed by atoms with Crippen LogP contribution in [0.15, 0.2) is 42.5 Å². The van der Waals surface area contributed by atoms with Crippen LogP contribution in [0.5, 0.6) is 0 Å². The predicted molar refractivity (Wildman–Crippen MR) is 121 cm³/mol. The summed E-state index contributed by atoms with van der Waals surface area (Å²) in [5, 5.41) is 6.67. The zero-order chi connectivity index (χ0) is 20.9. The molecule has 4 rings (SSSR count). The largest absolute Gasteiger partial charge is 0.378 e. The quantitative estimate of drug-likeness (QED) is 0.632. The van der Waals surface area contributed by atoms with Crippen LogP contribution in [-0.4, -0.2) is 41.3 Å². The molecule has 1 aliphatic rings. The Balaban J connectivity index is 1.64. The van der Waals surface area contributed by atoms with E-state index in [9.17, 15) is 0 Å². The van der Waals surface area contributed by atoms with Crippen LogP contribution in [0.25, 0.3) is 0 Å². The third-order valence-electron chi connectivity index (χ3n) is 5.01. The maximum Gasteiger partial charge on any atom is 0.233 e. The van der Waals surface area contributed by atoms with Crippen LogP contribution in [0, 0.1) is 13.8 Å². The SMILES string of the molecule is CCc1ccc(Nc2nc(Nc3cc(C)cc(C)c3)nc(N3CCOCC3)n2)cc1. The van der Waals surface area contributed by atoms with Crippen LogP contribution in [-0.2, 0) is 11.2 Å². The van der Waals surface area contributed by atoms with Gasteiger partial charge in [0.15, 0.2) is 0 Å². The van der Waals surface area contributed by atoms with E-state index in [1.54, 1.807) is 0 Å². The summed E-state index contributed by atoms with van der Waals surface area (Å²) in [5.41, 5.74) is 5.58. The minimum absolute atomic E-state index is 0.516. The number of benzene rings is 2. The fourth-order valence-electron chi connectivity index (χ4n) is 3.51. The van der Waals surface area contributed by atoms with Gasteiger partial charge >= 0.3 is 0 Å². The molecule has 1 aromatic heterocycles. The van der Waals surface area contributed by atoms with Crippen LogP contribution in [0.2, 0.25) is 0 Å². The van der Waals surface area contributed by atoms with E-state index in [0.29, 0.717) is 31.1 Å². The first kappa shape index (κ1) is 20.1. The van der Waals surface area contributed by atoms with Gasteiger partial charge in [-0.1, -0.05) is 25.1 Å². The molecule has 0 amide bonds. The Kier molecular flexibility index (Phi) is 6.09. The van der Waals surface area contributed by atoms with Gasteiger partial charge in [-0.15, -0.1) is 0 Å². The Bertz CT molecular complexity index is 979. The summed E-state index contributed by atoms with van der Waals surface area (Å²) in [5.74, 6) is 1.68. The fraction of sp³-hybridized carbons (Fsp3) is 0.348. The maximum absolute atomic E-state index is 5.48. The number of hydrogen-bond acceptors (Lipinski definition) is 7. The molecule has 0 unspecified atom stereocenters. The van der Waals surface area contributed by atoms with E-state index in [-0.39, 0.29) is 0 Å². The molecule has 7 heteroatoms. The Morgan fingerprint density at radius 3 is 2.03 bits per heavy atom. The van der Waals surface area contributed by atoms with E-state index < -0.39 is 0 Å². The standard InChI is InChI=1S/C23H28N6O/c1-4-18-5-7-19(8-6-18)24-21-26-22(25-20-14-16(2)13-17(3)15-20)28-23(27-21)29-9-11-30-12-10-29/h5-8,13-15H,4,9-12H2,1-3H3,(H2,24,25,26,27,28). The fourth-order valence-corrected chi connectivity index (χ4v) is 3.51. The first-order chi connectivity index (χ1) is 14.6. The molecule has 0 bridgehead atoms. The van der Waals surface area contributed by atoms with E-state index in [1.165, 1.54) is 16.7 Å². The Morgan fingerprint density at radius 1 is 0.833 bits per heavy atom. The number of ether oxygens (including phenoxy) is 1. The highest BCUT2D eigenvalue weighted by Crippen LogP contribution is 2.22. The van der Waals surface area contributed by atoms with Gasteiger partial charge in [-0.3, -0.25) is 0 Å². The summed E-state index contributed by atoms with van der Waals surface area (Å²) >= 11 is 0. The van der Waals surface area contributed by atoms with Crippen molar-refractivity contribution in [3.8, 4) is 0 Å². The number of hydrogen-bond donors (Lipinski definition) is 2. The summed E-state index contributed by atoms with van der Waals surface area (Å²) in [4.78, 5) is 16.1. The van der Waals surface area contributed by atoms with Crippen molar-refractivity contribution in [3.63, 3.8) is 0 Å². The predicted octanol–water partition coefficient (Wildman–Crippen LogP) is 4.37. The molecule has 1 saturated heterocycles.